The standard InChI is InChI=1S/C18H20ClNO4/c1-18(2,3)24-17(23)20-15(16(21)22)9-11-4-5-13-10-14(19)7-6-12(13)8-11/h4-8,10,15H,9H2,1-3H3,(H,20,23)(H,21,22)/t15-/m0/s1. The van der Waals surface area contributed by atoms with E-state index in [0.29, 0.717) is 5.02 Å². The largest absolute Gasteiger partial charge is 0.480 e. The number of benzene rings is 2. The Morgan fingerprint density at radius 2 is 1.79 bits per heavy atom. The Balaban J connectivity index is 2.14. The molecule has 5 nitrogen and oxygen atoms in total. The maximum atomic E-state index is 11.8. The second-order valence-corrected chi connectivity index (χ2v) is 7.00. The Labute approximate surface area is 145 Å². The van der Waals surface area contributed by atoms with Crippen molar-refractivity contribution < 1.29 is 19.4 Å². The van der Waals surface area contributed by atoms with Gasteiger partial charge in [-0.15, -0.1) is 0 Å². The SMILES string of the molecule is CC(C)(C)OC(=O)N[C@@H](Cc1ccc2cc(Cl)ccc2c1)C(=O)O. The lowest BCUT2D eigenvalue weighted by atomic mass is 10.0. The van der Waals surface area contributed by atoms with Gasteiger partial charge in [0, 0.05) is 11.4 Å². The predicted molar refractivity (Wildman–Crippen MR) is 93.5 cm³/mol. The first-order valence-electron chi connectivity index (χ1n) is 7.54. The molecule has 0 fully saturated rings. The number of ether oxygens (including phenoxy) is 1. The van der Waals surface area contributed by atoms with Crippen LogP contribution in [0, 0.1) is 0 Å². The number of nitrogens with one attached hydrogen (secondary N) is 1. The van der Waals surface area contributed by atoms with Gasteiger partial charge in [-0.2, -0.15) is 0 Å². The Hall–Kier alpha value is -2.27. The molecule has 6 heteroatoms. The van der Waals surface area contributed by atoms with Crippen molar-refractivity contribution in [3.63, 3.8) is 0 Å². The molecular formula is C18H20ClNO4. The molecular weight excluding hydrogens is 330 g/mol. The lowest BCUT2D eigenvalue weighted by molar-refractivity contribution is -0.139. The fraction of sp³-hybridized carbons (Fsp3) is 0.333. The number of aliphatic carboxylic acids is 1. The van der Waals surface area contributed by atoms with E-state index < -0.39 is 23.7 Å². The first-order chi connectivity index (χ1) is 11.1. The lowest BCUT2D eigenvalue weighted by Crippen LogP contribution is -2.44. The highest BCUT2D eigenvalue weighted by Crippen LogP contribution is 2.21. The van der Waals surface area contributed by atoms with Gasteiger partial charge in [-0.3, -0.25) is 0 Å². The molecule has 0 aromatic heterocycles. The minimum Gasteiger partial charge on any atom is -0.480 e. The molecule has 0 saturated carbocycles. The van der Waals surface area contributed by atoms with Gasteiger partial charge in [0.15, 0.2) is 0 Å². The lowest BCUT2D eigenvalue weighted by Gasteiger charge is -2.22. The van der Waals surface area contributed by atoms with Crippen molar-refractivity contribution in [2.75, 3.05) is 0 Å². The number of alkyl carbamates (subject to hydrolysis) is 1. The number of hydrogen-bond donors (Lipinski definition) is 2. The number of carboxylic acids is 1. The summed E-state index contributed by atoms with van der Waals surface area (Å²) in [4.78, 5) is 23.2. The van der Waals surface area contributed by atoms with Crippen LogP contribution in [0.4, 0.5) is 4.79 Å². The molecule has 24 heavy (non-hydrogen) atoms. The summed E-state index contributed by atoms with van der Waals surface area (Å²) in [6, 6.07) is 10.0. The van der Waals surface area contributed by atoms with E-state index in [1.54, 1.807) is 26.8 Å². The fourth-order valence-corrected chi connectivity index (χ4v) is 2.46. The maximum Gasteiger partial charge on any atom is 0.408 e. The van der Waals surface area contributed by atoms with Crippen LogP contribution in [0.3, 0.4) is 0 Å². The van der Waals surface area contributed by atoms with Crippen molar-refractivity contribution in [2.24, 2.45) is 0 Å². The number of hydrogen-bond acceptors (Lipinski definition) is 3. The highest BCUT2D eigenvalue weighted by molar-refractivity contribution is 6.31. The van der Waals surface area contributed by atoms with Gasteiger partial charge in [0.25, 0.3) is 0 Å². The Morgan fingerprint density at radius 3 is 2.42 bits per heavy atom. The van der Waals surface area contributed by atoms with Gasteiger partial charge >= 0.3 is 12.1 Å². The topological polar surface area (TPSA) is 75.6 Å². The van der Waals surface area contributed by atoms with Gasteiger partial charge in [0.2, 0.25) is 0 Å². The third-order valence-electron chi connectivity index (χ3n) is 3.30. The van der Waals surface area contributed by atoms with E-state index in [4.69, 9.17) is 16.3 Å². The van der Waals surface area contributed by atoms with Crippen LogP contribution in [-0.2, 0) is 16.0 Å². The molecule has 0 spiro atoms. The molecule has 0 bridgehead atoms. The predicted octanol–water partition coefficient (Wildman–Crippen LogP) is 4.01. The molecule has 0 heterocycles. The molecule has 1 amide bonds. The first-order valence-corrected chi connectivity index (χ1v) is 7.92. The smallest absolute Gasteiger partial charge is 0.408 e. The van der Waals surface area contributed by atoms with Crippen LogP contribution in [0.5, 0.6) is 0 Å². The number of carbonyl (C=O) groups excluding carboxylic acids is 1. The van der Waals surface area contributed by atoms with Gasteiger partial charge < -0.3 is 15.2 Å². The van der Waals surface area contributed by atoms with Gasteiger partial charge in [-0.25, -0.2) is 9.59 Å². The summed E-state index contributed by atoms with van der Waals surface area (Å²) in [7, 11) is 0. The van der Waals surface area contributed by atoms with Crippen molar-refractivity contribution in [1.82, 2.24) is 5.32 Å². The monoisotopic (exact) mass is 349 g/mol. The van der Waals surface area contributed by atoms with Gasteiger partial charge in [0.05, 0.1) is 0 Å². The van der Waals surface area contributed by atoms with Crippen LogP contribution < -0.4 is 5.32 Å². The van der Waals surface area contributed by atoms with Crippen LogP contribution in [0.1, 0.15) is 26.3 Å². The zero-order valence-electron chi connectivity index (χ0n) is 13.8. The second-order valence-electron chi connectivity index (χ2n) is 6.57. The van der Waals surface area contributed by atoms with E-state index in [0.717, 1.165) is 16.3 Å². The number of halogens is 1. The third kappa shape index (κ3) is 5.13. The normalized spacial score (nSPS) is 12.7. The van der Waals surface area contributed by atoms with Crippen molar-refractivity contribution >= 4 is 34.4 Å². The third-order valence-corrected chi connectivity index (χ3v) is 3.53. The number of rotatable bonds is 4. The molecule has 2 aromatic carbocycles. The van der Waals surface area contributed by atoms with Crippen molar-refractivity contribution in [1.29, 1.82) is 0 Å². The van der Waals surface area contributed by atoms with E-state index >= 15 is 0 Å². The van der Waals surface area contributed by atoms with E-state index in [9.17, 15) is 14.7 Å². The van der Waals surface area contributed by atoms with Crippen LogP contribution in [0.25, 0.3) is 10.8 Å². The number of amides is 1. The Bertz CT molecular complexity index is 767. The quantitative estimate of drug-likeness (QED) is 0.874. The summed E-state index contributed by atoms with van der Waals surface area (Å²) in [5.74, 6) is -1.11. The first kappa shape index (κ1) is 18.1. The number of carbonyl (C=O) groups is 2. The molecule has 0 aliphatic rings. The summed E-state index contributed by atoms with van der Waals surface area (Å²) >= 11 is 5.96. The summed E-state index contributed by atoms with van der Waals surface area (Å²) in [5.41, 5.74) is 0.114. The van der Waals surface area contributed by atoms with Crippen LogP contribution in [-0.4, -0.2) is 28.8 Å². The Morgan fingerprint density at radius 1 is 1.17 bits per heavy atom. The average molecular weight is 350 g/mol. The average Bonchev–Trinajstić information content (AvgIpc) is 2.44. The van der Waals surface area contributed by atoms with Crippen LogP contribution in [0.15, 0.2) is 36.4 Å². The number of carboxylic acid groups (broad SMARTS) is 1. The number of fused-ring (bicyclic) bond motifs is 1. The molecule has 0 unspecified atom stereocenters. The van der Waals surface area contributed by atoms with Gasteiger partial charge in [-0.05, 0) is 49.2 Å². The zero-order valence-corrected chi connectivity index (χ0v) is 14.6. The van der Waals surface area contributed by atoms with E-state index in [-0.39, 0.29) is 6.42 Å². The molecule has 0 aliphatic carbocycles. The molecule has 0 saturated heterocycles. The molecule has 0 aliphatic heterocycles. The van der Waals surface area contributed by atoms with Crippen molar-refractivity contribution in [2.45, 2.75) is 38.8 Å². The van der Waals surface area contributed by atoms with E-state index in [1.807, 2.05) is 30.3 Å². The summed E-state index contributed by atoms with van der Waals surface area (Å²) in [6.07, 6.45) is -0.588. The highest BCUT2D eigenvalue weighted by atomic mass is 35.5. The minimum absolute atomic E-state index is 0.160. The molecule has 1 atom stereocenters. The van der Waals surface area contributed by atoms with E-state index in [2.05, 4.69) is 5.32 Å². The van der Waals surface area contributed by atoms with E-state index in [1.165, 1.54) is 0 Å². The fourth-order valence-electron chi connectivity index (χ4n) is 2.28. The molecule has 128 valence electrons. The highest BCUT2D eigenvalue weighted by Gasteiger charge is 2.24. The summed E-state index contributed by atoms with van der Waals surface area (Å²) in [6.45, 7) is 5.16. The minimum atomic E-state index is -1.11. The van der Waals surface area contributed by atoms with Gasteiger partial charge in [-0.1, -0.05) is 35.9 Å². The molecule has 2 aromatic rings. The summed E-state index contributed by atoms with van der Waals surface area (Å²) < 4.78 is 5.11. The van der Waals surface area contributed by atoms with Crippen molar-refractivity contribution in [3.05, 3.63) is 47.0 Å². The second kappa shape index (κ2) is 7.09. The Kier molecular flexibility index (Phi) is 5.34. The summed E-state index contributed by atoms with van der Waals surface area (Å²) in [5, 5.41) is 14.3. The maximum absolute atomic E-state index is 11.8. The van der Waals surface area contributed by atoms with Crippen LogP contribution >= 0.6 is 11.6 Å². The van der Waals surface area contributed by atoms with Crippen molar-refractivity contribution in [3.8, 4) is 0 Å². The molecule has 2 rings (SSSR count). The molecule has 0 radical (unpaired) electrons. The molecule has 2 N–H and O–H groups in total. The van der Waals surface area contributed by atoms with Gasteiger partial charge in [0.1, 0.15) is 11.6 Å². The van der Waals surface area contributed by atoms with Crippen LogP contribution in [0.2, 0.25) is 5.02 Å². The zero-order chi connectivity index (χ0) is 17.9.